The van der Waals surface area contributed by atoms with E-state index in [1.54, 1.807) is 13.3 Å². The van der Waals surface area contributed by atoms with Gasteiger partial charge in [0.2, 0.25) is 0 Å². The first-order chi connectivity index (χ1) is 9.20. The van der Waals surface area contributed by atoms with Gasteiger partial charge in [-0.05, 0) is 36.8 Å². The number of halogens is 1. The molecule has 0 saturated carbocycles. The monoisotopic (exact) mass is 276 g/mol. The zero-order chi connectivity index (χ0) is 13.7. The summed E-state index contributed by atoms with van der Waals surface area (Å²) in [6.07, 6.45) is 3.07. The molecule has 0 bridgehead atoms. The molecule has 0 amide bonds. The molecule has 1 aromatic carbocycles. The molecule has 0 spiro atoms. The van der Waals surface area contributed by atoms with E-state index in [0.29, 0.717) is 5.82 Å². The number of benzene rings is 1. The molecule has 5 nitrogen and oxygen atoms in total. The maximum atomic E-state index is 5.87. The van der Waals surface area contributed by atoms with Gasteiger partial charge < -0.3 is 4.74 Å². The first kappa shape index (κ1) is 13.3. The summed E-state index contributed by atoms with van der Waals surface area (Å²) >= 11 is 5.87. The molecule has 19 heavy (non-hydrogen) atoms. The largest absolute Gasteiger partial charge is 0.497 e. The van der Waals surface area contributed by atoms with Crippen molar-refractivity contribution in [1.29, 1.82) is 0 Å². The van der Waals surface area contributed by atoms with Gasteiger partial charge in [-0.3, -0.25) is 5.43 Å². The summed E-state index contributed by atoms with van der Waals surface area (Å²) in [7, 11) is 1.63. The first-order valence-corrected chi connectivity index (χ1v) is 5.99. The fourth-order valence-electron chi connectivity index (χ4n) is 1.43. The number of ether oxygens (including phenoxy) is 1. The zero-order valence-electron chi connectivity index (χ0n) is 10.6. The highest BCUT2D eigenvalue weighted by atomic mass is 35.5. The Hall–Kier alpha value is -2.14. The van der Waals surface area contributed by atoms with Crippen molar-refractivity contribution in [3.63, 3.8) is 0 Å². The van der Waals surface area contributed by atoms with E-state index in [1.165, 1.54) is 6.20 Å². The maximum absolute atomic E-state index is 5.87. The molecule has 2 aromatic rings. The topological polar surface area (TPSA) is 59.4 Å². The predicted molar refractivity (Wildman–Crippen MR) is 75.9 cm³/mol. The van der Waals surface area contributed by atoms with Crippen molar-refractivity contribution >= 4 is 23.1 Å². The molecule has 6 heteroatoms. The Morgan fingerprint density at radius 1 is 1.21 bits per heavy atom. The Balaban J connectivity index is 2.12. The van der Waals surface area contributed by atoms with Gasteiger partial charge in [-0.25, -0.2) is 9.97 Å². The third-order valence-corrected chi connectivity index (χ3v) is 2.77. The molecule has 0 saturated heterocycles. The van der Waals surface area contributed by atoms with Crippen LogP contribution in [0, 0.1) is 0 Å². The quantitative estimate of drug-likeness (QED) is 0.689. The van der Waals surface area contributed by atoms with Crippen molar-refractivity contribution in [3.05, 3.63) is 47.4 Å². The summed E-state index contributed by atoms with van der Waals surface area (Å²) in [5.74, 6) is 1.23. The molecule has 1 heterocycles. The number of nitrogens with zero attached hydrogens (tertiary/aromatic N) is 3. The number of methoxy groups -OCH3 is 1. The van der Waals surface area contributed by atoms with E-state index in [4.69, 9.17) is 16.3 Å². The van der Waals surface area contributed by atoms with E-state index >= 15 is 0 Å². The summed E-state index contributed by atoms with van der Waals surface area (Å²) in [6, 6.07) is 7.61. The van der Waals surface area contributed by atoms with Crippen LogP contribution in [0.5, 0.6) is 5.75 Å². The SMILES string of the molecule is COc1ccc(/C(C)=N\Nc2nccnc2Cl)cc1. The molecule has 0 atom stereocenters. The van der Waals surface area contributed by atoms with Crippen LogP contribution >= 0.6 is 11.6 Å². The van der Waals surface area contributed by atoms with Crippen LogP contribution in [-0.4, -0.2) is 22.8 Å². The molecule has 0 aliphatic rings. The second-order valence-corrected chi connectivity index (χ2v) is 4.09. The van der Waals surface area contributed by atoms with Gasteiger partial charge in [0.15, 0.2) is 11.0 Å². The van der Waals surface area contributed by atoms with E-state index in [1.807, 2.05) is 31.2 Å². The van der Waals surface area contributed by atoms with Gasteiger partial charge in [0.25, 0.3) is 0 Å². The first-order valence-electron chi connectivity index (χ1n) is 5.62. The summed E-state index contributed by atoms with van der Waals surface area (Å²) in [6.45, 7) is 1.89. The highest BCUT2D eigenvalue weighted by Gasteiger charge is 2.01. The molecule has 0 aliphatic heterocycles. The van der Waals surface area contributed by atoms with Gasteiger partial charge in [-0.15, -0.1) is 0 Å². The fourth-order valence-corrected chi connectivity index (χ4v) is 1.58. The molecule has 98 valence electrons. The van der Waals surface area contributed by atoms with Gasteiger partial charge in [-0.1, -0.05) is 11.6 Å². The third kappa shape index (κ3) is 3.42. The van der Waals surface area contributed by atoms with Crippen molar-refractivity contribution in [2.75, 3.05) is 12.5 Å². The average molecular weight is 277 g/mol. The highest BCUT2D eigenvalue weighted by Crippen LogP contribution is 2.15. The smallest absolute Gasteiger partial charge is 0.184 e. The molecular weight excluding hydrogens is 264 g/mol. The minimum atomic E-state index is 0.286. The van der Waals surface area contributed by atoms with Crippen LogP contribution in [0.15, 0.2) is 41.8 Å². The van der Waals surface area contributed by atoms with Crippen molar-refractivity contribution < 1.29 is 4.74 Å². The highest BCUT2D eigenvalue weighted by molar-refractivity contribution is 6.31. The summed E-state index contributed by atoms with van der Waals surface area (Å²) < 4.78 is 5.10. The average Bonchev–Trinajstić information content (AvgIpc) is 2.46. The van der Waals surface area contributed by atoms with E-state index < -0.39 is 0 Å². The number of hydrogen-bond acceptors (Lipinski definition) is 5. The number of hydrazone groups is 1. The maximum Gasteiger partial charge on any atom is 0.184 e. The van der Waals surface area contributed by atoms with E-state index in [0.717, 1.165) is 17.0 Å². The minimum absolute atomic E-state index is 0.286. The van der Waals surface area contributed by atoms with Crippen molar-refractivity contribution in [3.8, 4) is 5.75 Å². The Morgan fingerprint density at radius 3 is 2.53 bits per heavy atom. The second kappa shape index (κ2) is 6.15. The molecule has 2 rings (SSSR count). The number of anilines is 1. The number of hydrogen-bond donors (Lipinski definition) is 1. The lowest BCUT2D eigenvalue weighted by Crippen LogP contribution is -2.01. The number of nitrogens with one attached hydrogen (secondary N) is 1. The van der Waals surface area contributed by atoms with E-state index in [9.17, 15) is 0 Å². The lowest BCUT2D eigenvalue weighted by molar-refractivity contribution is 0.415. The lowest BCUT2D eigenvalue weighted by atomic mass is 10.1. The van der Waals surface area contributed by atoms with Crippen LogP contribution in [0.4, 0.5) is 5.82 Å². The van der Waals surface area contributed by atoms with Crippen molar-refractivity contribution in [1.82, 2.24) is 9.97 Å². The normalized spacial score (nSPS) is 11.2. The minimum Gasteiger partial charge on any atom is -0.497 e. The zero-order valence-corrected chi connectivity index (χ0v) is 11.3. The molecule has 1 N–H and O–H groups in total. The van der Waals surface area contributed by atoms with Crippen molar-refractivity contribution in [2.45, 2.75) is 6.92 Å². The Bertz CT molecular complexity index is 583. The van der Waals surface area contributed by atoms with Gasteiger partial charge in [0, 0.05) is 12.4 Å². The van der Waals surface area contributed by atoms with Crippen LogP contribution in [0.1, 0.15) is 12.5 Å². The summed E-state index contributed by atoms with van der Waals surface area (Å²) in [4.78, 5) is 7.95. The van der Waals surface area contributed by atoms with Crippen LogP contribution < -0.4 is 10.2 Å². The Kier molecular flexibility index (Phi) is 4.30. The molecule has 0 unspecified atom stereocenters. The number of rotatable bonds is 4. The third-order valence-electron chi connectivity index (χ3n) is 2.49. The molecule has 0 fully saturated rings. The second-order valence-electron chi connectivity index (χ2n) is 3.73. The van der Waals surface area contributed by atoms with Crippen molar-refractivity contribution in [2.24, 2.45) is 5.10 Å². The molecule has 0 radical (unpaired) electrons. The summed E-state index contributed by atoms with van der Waals surface area (Å²) in [5, 5.41) is 4.51. The van der Waals surface area contributed by atoms with Crippen LogP contribution in [-0.2, 0) is 0 Å². The molecular formula is C13H13ClN4O. The molecule has 1 aromatic heterocycles. The van der Waals surface area contributed by atoms with E-state index in [-0.39, 0.29) is 5.15 Å². The van der Waals surface area contributed by atoms with Gasteiger partial charge in [0.05, 0.1) is 12.8 Å². The van der Waals surface area contributed by atoms with Gasteiger partial charge >= 0.3 is 0 Å². The number of aromatic nitrogens is 2. The van der Waals surface area contributed by atoms with Crippen LogP contribution in [0.3, 0.4) is 0 Å². The van der Waals surface area contributed by atoms with Gasteiger partial charge in [-0.2, -0.15) is 5.10 Å². The predicted octanol–water partition coefficient (Wildman–Crippen LogP) is 2.97. The summed E-state index contributed by atoms with van der Waals surface area (Å²) in [5.41, 5.74) is 4.58. The Labute approximate surface area is 116 Å². The van der Waals surface area contributed by atoms with Crippen LogP contribution in [0.2, 0.25) is 5.15 Å². The molecule has 0 aliphatic carbocycles. The van der Waals surface area contributed by atoms with E-state index in [2.05, 4.69) is 20.5 Å². The standard InChI is InChI=1S/C13H13ClN4O/c1-9(10-3-5-11(19-2)6-4-10)17-18-13-12(14)15-7-8-16-13/h3-8H,1-2H3,(H,16,18)/b17-9-. The fraction of sp³-hybridized carbons (Fsp3) is 0.154. The van der Waals surface area contributed by atoms with Crippen LogP contribution in [0.25, 0.3) is 0 Å². The Morgan fingerprint density at radius 2 is 1.89 bits per heavy atom. The van der Waals surface area contributed by atoms with Gasteiger partial charge in [0.1, 0.15) is 5.75 Å². The lowest BCUT2D eigenvalue weighted by Gasteiger charge is -2.05.